The summed E-state index contributed by atoms with van der Waals surface area (Å²) >= 11 is 0. The SMILES string of the molecule is CC(C)n1ccnc1NCCc1ccc2c(c1)OCCO2. The van der Waals surface area contributed by atoms with Crippen molar-refractivity contribution >= 4 is 5.95 Å². The van der Waals surface area contributed by atoms with Gasteiger partial charge in [-0.05, 0) is 38.0 Å². The molecule has 0 saturated heterocycles. The number of hydrogen-bond acceptors (Lipinski definition) is 4. The highest BCUT2D eigenvalue weighted by atomic mass is 16.6. The Morgan fingerprint density at radius 2 is 2.05 bits per heavy atom. The molecule has 0 unspecified atom stereocenters. The lowest BCUT2D eigenvalue weighted by Crippen LogP contribution is -2.16. The van der Waals surface area contributed by atoms with Crippen molar-refractivity contribution in [3.63, 3.8) is 0 Å². The Bertz CT molecular complexity index is 607. The number of fused-ring (bicyclic) bond motifs is 1. The summed E-state index contributed by atoms with van der Waals surface area (Å²) in [6, 6.07) is 6.54. The molecule has 2 heterocycles. The third-order valence-corrected chi connectivity index (χ3v) is 3.53. The first-order valence-corrected chi connectivity index (χ1v) is 7.39. The van der Waals surface area contributed by atoms with Gasteiger partial charge in [0.05, 0.1) is 0 Å². The van der Waals surface area contributed by atoms with Crippen molar-refractivity contribution in [2.75, 3.05) is 25.1 Å². The molecule has 5 heteroatoms. The van der Waals surface area contributed by atoms with E-state index in [-0.39, 0.29) is 0 Å². The van der Waals surface area contributed by atoms with Crippen LogP contribution in [-0.4, -0.2) is 29.3 Å². The van der Waals surface area contributed by atoms with E-state index < -0.39 is 0 Å². The van der Waals surface area contributed by atoms with Crippen molar-refractivity contribution in [2.45, 2.75) is 26.3 Å². The van der Waals surface area contributed by atoms with E-state index in [0.29, 0.717) is 19.3 Å². The zero-order valence-corrected chi connectivity index (χ0v) is 12.5. The van der Waals surface area contributed by atoms with Gasteiger partial charge in [0, 0.05) is 25.0 Å². The van der Waals surface area contributed by atoms with E-state index in [0.717, 1.165) is 30.4 Å². The standard InChI is InChI=1S/C16H21N3O2/c1-12(2)19-8-7-18-16(19)17-6-5-13-3-4-14-15(11-13)21-10-9-20-14/h3-4,7-8,11-12H,5-6,9-10H2,1-2H3,(H,17,18). The average Bonchev–Trinajstić information content (AvgIpc) is 2.96. The van der Waals surface area contributed by atoms with Crippen LogP contribution in [0, 0.1) is 0 Å². The van der Waals surface area contributed by atoms with Crippen LogP contribution < -0.4 is 14.8 Å². The minimum absolute atomic E-state index is 0.407. The second kappa shape index (κ2) is 6.08. The first kappa shape index (κ1) is 13.8. The number of rotatable bonds is 5. The molecule has 0 aliphatic carbocycles. The fourth-order valence-corrected chi connectivity index (χ4v) is 2.43. The number of nitrogens with one attached hydrogen (secondary N) is 1. The van der Waals surface area contributed by atoms with Crippen molar-refractivity contribution in [2.24, 2.45) is 0 Å². The Kier molecular flexibility index (Phi) is 3.99. The molecule has 0 radical (unpaired) electrons. The van der Waals surface area contributed by atoms with Crippen molar-refractivity contribution in [3.05, 3.63) is 36.2 Å². The van der Waals surface area contributed by atoms with E-state index in [4.69, 9.17) is 9.47 Å². The Morgan fingerprint density at radius 1 is 1.24 bits per heavy atom. The van der Waals surface area contributed by atoms with Gasteiger partial charge in [-0.15, -0.1) is 0 Å². The molecule has 1 N–H and O–H groups in total. The van der Waals surface area contributed by atoms with E-state index >= 15 is 0 Å². The molecule has 1 aromatic carbocycles. The third-order valence-electron chi connectivity index (χ3n) is 3.53. The van der Waals surface area contributed by atoms with Crippen molar-refractivity contribution in [1.82, 2.24) is 9.55 Å². The number of benzene rings is 1. The van der Waals surface area contributed by atoms with Crippen LogP contribution in [0.1, 0.15) is 25.5 Å². The predicted molar refractivity (Wildman–Crippen MR) is 82.2 cm³/mol. The van der Waals surface area contributed by atoms with Crippen LogP contribution in [0.15, 0.2) is 30.6 Å². The van der Waals surface area contributed by atoms with Crippen LogP contribution in [0.4, 0.5) is 5.95 Å². The van der Waals surface area contributed by atoms with Gasteiger partial charge in [0.15, 0.2) is 11.5 Å². The number of anilines is 1. The van der Waals surface area contributed by atoms with Gasteiger partial charge in [0.25, 0.3) is 0 Å². The maximum absolute atomic E-state index is 5.61. The number of nitrogens with zero attached hydrogens (tertiary/aromatic N) is 2. The Morgan fingerprint density at radius 3 is 2.86 bits per heavy atom. The predicted octanol–water partition coefficient (Wildman–Crippen LogP) is 2.89. The Labute approximate surface area is 124 Å². The van der Waals surface area contributed by atoms with Crippen LogP contribution in [0.5, 0.6) is 11.5 Å². The van der Waals surface area contributed by atoms with E-state index in [1.165, 1.54) is 5.56 Å². The second-order valence-electron chi connectivity index (χ2n) is 5.41. The summed E-state index contributed by atoms with van der Waals surface area (Å²) in [4.78, 5) is 4.35. The molecule has 0 spiro atoms. The third kappa shape index (κ3) is 3.12. The van der Waals surface area contributed by atoms with E-state index in [1.807, 2.05) is 18.5 Å². The molecular formula is C16H21N3O2. The van der Waals surface area contributed by atoms with Gasteiger partial charge >= 0.3 is 0 Å². The van der Waals surface area contributed by atoms with Crippen molar-refractivity contribution in [3.8, 4) is 11.5 Å². The highest BCUT2D eigenvalue weighted by molar-refractivity contribution is 5.44. The van der Waals surface area contributed by atoms with Crippen LogP contribution in [-0.2, 0) is 6.42 Å². The van der Waals surface area contributed by atoms with Gasteiger partial charge in [-0.2, -0.15) is 0 Å². The molecule has 0 saturated carbocycles. The van der Waals surface area contributed by atoms with Gasteiger partial charge in [0.1, 0.15) is 13.2 Å². The monoisotopic (exact) mass is 287 g/mol. The molecule has 1 aliphatic rings. The van der Waals surface area contributed by atoms with Crippen LogP contribution >= 0.6 is 0 Å². The first-order chi connectivity index (χ1) is 10.2. The highest BCUT2D eigenvalue weighted by Gasteiger charge is 2.11. The largest absolute Gasteiger partial charge is 0.486 e. The van der Waals surface area contributed by atoms with Gasteiger partial charge in [-0.25, -0.2) is 4.98 Å². The lowest BCUT2D eigenvalue weighted by molar-refractivity contribution is 0.171. The smallest absolute Gasteiger partial charge is 0.203 e. The zero-order valence-electron chi connectivity index (χ0n) is 12.5. The minimum Gasteiger partial charge on any atom is -0.486 e. The zero-order chi connectivity index (χ0) is 14.7. The van der Waals surface area contributed by atoms with E-state index in [2.05, 4.69) is 40.8 Å². The lowest BCUT2D eigenvalue weighted by atomic mass is 10.1. The fourth-order valence-electron chi connectivity index (χ4n) is 2.43. The Hall–Kier alpha value is -2.17. The molecule has 0 amide bonds. The maximum Gasteiger partial charge on any atom is 0.203 e. The first-order valence-electron chi connectivity index (χ1n) is 7.39. The molecule has 0 fully saturated rings. The molecule has 2 aromatic rings. The highest BCUT2D eigenvalue weighted by Crippen LogP contribution is 2.30. The molecule has 0 bridgehead atoms. The van der Waals surface area contributed by atoms with Crippen molar-refractivity contribution < 1.29 is 9.47 Å². The number of hydrogen-bond donors (Lipinski definition) is 1. The molecule has 0 atom stereocenters. The summed E-state index contributed by atoms with van der Waals surface area (Å²) in [6.07, 6.45) is 4.74. The van der Waals surface area contributed by atoms with Gasteiger partial charge in [-0.1, -0.05) is 6.07 Å². The summed E-state index contributed by atoms with van der Waals surface area (Å²) in [5.41, 5.74) is 1.23. The Balaban J connectivity index is 1.59. The topological polar surface area (TPSA) is 48.3 Å². The summed E-state index contributed by atoms with van der Waals surface area (Å²) in [6.45, 7) is 6.39. The quantitative estimate of drug-likeness (QED) is 0.918. The van der Waals surface area contributed by atoms with E-state index in [1.54, 1.807) is 0 Å². The summed E-state index contributed by atoms with van der Waals surface area (Å²) in [5.74, 6) is 2.61. The van der Waals surface area contributed by atoms with Gasteiger partial charge < -0.3 is 19.4 Å². The molecule has 21 heavy (non-hydrogen) atoms. The minimum atomic E-state index is 0.407. The number of aromatic nitrogens is 2. The van der Waals surface area contributed by atoms with Crippen LogP contribution in [0.25, 0.3) is 0 Å². The molecular weight excluding hydrogens is 266 g/mol. The molecule has 1 aliphatic heterocycles. The fraction of sp³-hybridized carbons (Fsp3) is 0.438. The lowest BCUT2D eigenvalue weighted by Gasteiger charge is -2.19. The summed E-state index contributed by atoms with van der Waals surface area (Å²) in [5, 5.41) is 3.38. The maximum atomic E-state index is 5.61. The normalized spacial score (nSPS) is 13.5. The number of ether oxygens (including phenoxy) is 2. The van der Waals surface area contributed by atoms with Crippen LogP contribution in [0.3, 0.4) is 0 Å². The summed E-state index contributed by atoms with van der Waals surface area (Å²) in [7, 11) is 0. The molecule has 112 valence electrons. The molecule has 1 aromatic heterocycles. The molecule has 3 rings (SSSR count). The van der Waals surface area contributed by atoms with Gasteiger partial charge in [0.2, 0.25) is 5.95 Å². The van der Waals surface area contributed by atoms with Crippen LogP contribution in [0.2, 0.25) is 0 Å². The summed E-state index contributed by atoms with van der Waals surface area (Å²) < 4.78 is 13.3. The van der Waals surface area contributed by atoms with Crippen molar-refractivity contribution in [1.29, 1.82) is 0 Å². The van der Waals surface area contributed by atoms with E-state index in [9.17, 15) is 0 Å². The second-order valence-corrected chi connectivity index (χ2v) is 5.41. The average molecular weight is 287 g/mol. The van der Waals surface area contributed by atoms with Gasteiger partial charge in [-0.3, -0.25) is 0 Å². The molecule has 5 nitrogen and oxygen atoms in total. The number of imidazole rings is 1.